The maximum atomic E-state index is 14.1. The number of nitrogens with zero attached hydrogens (tertiary/aromatic N) is 4. The van der Waals surface area contributed by atoms with E-state index in [9.17, 15) is 19.5 Å². The molecule has 4 N–H and O–H groups in total. The van der Waals surface area contributed by atoms with Crippen molar-refractivity contribution in [3.8, 4) is 0 Å². The van der Waals surface area contributed by atoms with Crippen LogP contribution < -0.4 is 20.9 Å². The molecule has 4 heterocycles. The minimum Gasteiger partial charge on any atom is -0.444 e. The van der Waals surface area contributed by atoms with Gasteiger partial charge < -0.3 is 25.4 Å². The van der Waals surface area contributed by atoms with Crippen LogP contribution in [0.3, 0.4) is 0 Å². The van der Waals surface area contributed by atoms with Gasteiger partial charge in [-0.1, -0.05) is 43.3 Å². The number of carbonyl (C=O) groups is 3. The summed E-state index contributed by atoms with van der Waals surface area (Å²) in [6.45, 7) is 3.65. The molecule has 0 aliphatic carbocycles. The number of ketones is 1. The maximum absolute atomic E-state index is 14.1. The molecule has 6 rings (SSSR count). The summed E-state index contributed by atoms with van der Waals surface area (Å²) in [5.41, 5.74) is 10.1. The van der Waals surface area contributed by atoms with Crippen LogP contribution in [0.2, 0.25) is 0 Å². The molecule has 0 saturated carbocycles. The van der Waals surface area contributed by atoms with Crippen molar-refractivity contribution in [3.05, 3.63) is 89.9 Å². The van der Waals surface area contributed by atoms with Gasteiger partial charge in [0.2, 0.25) is 5.91 Å². The zero-order valence-electron chi connectivity index (χ0n) is 25.8. The second kappa shape index (κ2) is 13.6. The molecule has 2 aliphatic rings. The van der Waals surface area contributed by atoms with Gasteiger partial charge >= 0.3 is 6.09 Å². The molecule has 3 atom stereocenters. The van der Waals surface area contributed by atoms with E-state index in [2.05, 4.69) is 15.2 Å². The average molecular weight is 623 g/mol. The lowest BCUT2D eigenvalue weighted by Gasteiger charge is -2.40. The Kier molecular flexibility index (Phi) is 9.23. The zero-order valence-corrected chi connectivity index (χ0v) is 25.8. The Bertz CT molecular complexity index is 1740. The van der Waals surface area contributed by atoms with E-state index < -0.39 is 18.2 Å². The molecule has 2 saturated heterocycles. The van der Waals surface area contributed by atoms with E-state index in [-0.39, 0.29) is 42.0 Å². The number of hydrogen-bond donors (Lipinski definition) is 3. The number of rotatable bonds is 8. The molecular formula is C35H38N6O5. The maximum Gasteiger partial charge on any atom is 0.412 e. The third kappa shape index (κ3) is 6.85. The fourth-order valence-electron chi connectivity index (χ4n) is 6.21. The number of nitrogens with two attached hydrogens (primary N) is 1. The van der Waals surface area contributed by atoms with Gasteiger partial charge in [0, 0.05) is 79.2 Å². The van der Waals surface area contributed by atoms with Crippen LogP contribution >= 0.6 is 0 Å². The normalized spacial score (nSPS) is 20.1. The summed E-state index contributed by atoms with van der Waals surface area (Å²) in [4.78, 5) is 52.5. The number of aromatic nitrogens is 2. The van der Waals surface area contributed by atoms with E-state index in [4.69, 9.17) is 15.5 Å². The smallest absolute Gasteiger partial charge is 0.412 e. The fourth-order valence-corrected chi connectivity index (χ4v) is 6.21. The second-order valence-electron chi connectivity index (χ2n) is 12.1. The van der Waals surface area contributed by atoms with Crippen molar-refractivity contribution in [1.82, 2.24) is 9.97 Å². The Hall–Kier alpha value is -4.87. The van der Waals surface area contributed by atoms with Crippen molar-refractivity contribution in [1.29, 1.82) is 0 Å². The highest BCUT2D eigenvalue weighted by Gasteiger charge is 2.32. The number of aliphatic hydroxyl groups is 1. The van der Waals surface area contributed by atoms with E-state index in [1.165, 1.54) is 0 Å². The summed E-state index contributed by atoms with van der Waals surface area (Å²) in [5, 5.41) is 13.8. The van der Waals surface area contributed by atoms with Crippen LogP contribution in [0, 0.1) is 5.92 Å². The van der Waals surface area contributed by atoms with Gasteiger partial charge in [0.25, 0.3) is 0 Å². The summed E-state index contributed by atoms with van der Waals surface area (Å²) >= 11 is 0. The fraction of sp³-hybridized carbons (Fsp3) is 0.343. The number of Topliss-reactive ketones (excluding diaryl/α,β-unsaturated/α-hetero) is 1. The van der Waals surface area contributed by atoms with E-state index in [1.54, 1.807) is 23.4 Å². The Morgan fingerprint density at radius 3 is 2.70 bits per heavy atom. The first-order valence-electron chi connectivity index (χ1n) is 15.6. The molecule has 4 aromatic rings. The predicted octanol–water partition coefficient (Wildman–Crippen LogP) is 4.47. The minimum atomic E-state index is -0.716. The van der Waals surface area contributed by atoms with Crippen LogP contribution in [0.1, 0.15) is 47.8 Å². The number of hydrogen-bond acceptors (Lipinski definition) is 9. The molecule has 238 valence electrons. The van der Waals surface area contributed by atoms with Crippen molar-refractivity contribution in [2.24, 2.45) is 11.7 Å². The van der Waals surface area contributed by atoms with Crippen molar-refractivity contribution in [2.75, 3.05) is 34.8 Å². The number of fused-ring (bicyclic) bond motifs is 1. The van der Waals surface area contributed by atoms with Crippen LogP contribution in [-0.4, -0.2) is 64.6 Å². The van der Waals surface area contributed by atoms with Gasteiger partial charge in [-0.15, -0.1) is 0 Å². The summed E-state index contributed by atoms with van der Waals surface area (Å²) in [6, 6.07) is 17.9. The molecule has 0 radical (unpaired) electrons. The number of anilines is 3. The molecule has 2 fully saturated rings. The molecule has 0 bridgehead atoms. The van der Waals surface area contributed by atoms with Gasteiger partial charge in [0.05, 0.1) is 17.3 Å². The van der Waals surface area contributed by atoms with Crippen LogP contribution in [0.25, 0.3) is 10.9 Å². The van der Waals surface area contributed by atoms with Gasteiger partial charge in [-0.05, 0) is 42.7 Å². The number of amides is 2. The SMILES string of the molecule is C[C@H]1CN(c2ccncc2CC(=O)c2nc3cc(N4CCCCC4=O)ccc3cc2NC(=O)OCc2ccccc2)C[C@@H](N)[C@@H]1O. The zero-order chi connectivity index (χ0) is 32.2. The first-order chi connectivity index (χ1) is 22.3. The Morgan fingerprint density at radius 1 is 1.09 bits per heavy atom. The first-order valence-corrected chi connectivity index (χ1v) is 15.6. The van der Waals surface area contributed by atoms with Crippen molar-refractivity contribution >= 4 is 45.7 Å². The van der Waals surface area contributed by atoms with Crippen LogP contribution in [0.5, 0.6) is 0 Å². The minimum absolute atomic E-state index is 0.0393. The number of carbonyl (C=O) groups excluding carboxylic acids is 3. The number of piperidine rings is 2. The highest BCUT2D eigenvalue weighted by molar-refractivity contribution is 6.06. The third-order valence-corrected chi connectivity index (χ3v) is 8.68. The summed E-state index contributed by atoms with van der Waals surface area (Å²) in [6.07, 6.45) is 4.24. The van der Waals surface area contributed by atoms with Crippen molar-refractivity contribution in [3.63, 3.8) is 0 Å². The van der Waals surface area contributed by atoms with Crippen molar-refractivity contribution < 1.29 is 24.2 Å². The van der Waals surface area contributed by atoms with E-state index in [0.717, 1.165) is 29.8 Å². The topological polar surface area (TPSA) is 151 Å². The standard InChI is InChI=1S/C35H38N6O5/c1-22-19-40(20-27(36)34(22)44)30-12-13-37-18-25(30)16-31(42)33-29(39-35(45)46-21-23-7-3-2-4-8-23)15-24-10-11-26(17-28(24)38-33)41-14-6-5-9-32(41)43/h2-4,7-8,10-13,15,17-18,22,27,34,44H,5-6,9,14,16,19-21,36H2,1H3,(H,39,45)/t22-,27+,34+/m0/s1. The van der Waals surface area contributed by atoms with Gasteiger partial charge in [-0.25, -0.2) is 9.78 Å². The summed E-state index contributed by atoms with van der Waals surface area (Å²) in [7, 11) is 0. The predicted molar refractivity (Wildman–Crippen MR) is 176 cm³/mol. The lowest BCUT2D eigenvalue weighted by molar-refractivity contribution is -0.119. The van der Waals surface area contributed by atoms with Gasteiger partial charge in [-0.2, -0.15) is 0 Å². The largest absolute Gasteiger partial charge is 0.444 e. The van der Waals surface area contributed by atoms with Crippen LogP contribution in [-0.2, 0) is 22.6 Å². The number of nitrogens with one attached hydrogen (secondary N) is 1. The molecule has 2 aliphatic heterocycles. The monoisotopic (exact) mass is 622 g/mol. The molecule has 11 nitrogen and oxygen atoms in total. The van der Waals surface area contributed by atoms with E-state index >= 15 is 0 Å². The Morgan fingerprint density at radius 2 is 1.91 bits per heavy atom. The third-order valence-electron chi connectivity index (χ3n) is 8.68. The Labute approximate surface area is 267 Å². The highest BCUT2D eigenvalue weighted by Crippen LogP contribution is 2.30. The number of ether oxygens (including phenoxy) is 1. The molecule has 2 amide bonds. The Balaban J connectivity index is 1.31. The first kappa shape index (κ1) is 31.1. The summed E-state index contributed by atoms with van der Waals surface area (Å²) < 4.78 is 5.45. The number of pyridine rings is 2. The highest BCUT2D eigenvalue weighted by atomic mass is 16.5. The van der Waals surface area contributed by atoms with Crippen LogP contribution in [0.4, 0.5) is 21.9 Å². The van der Waals surface area contributed by atoms with Gasteiger partial charge in [-0.3, -0.25) is 19.9 Å². The lowest BCUT2D eigenvalue weighted by atomic mass is 9.92. The second-order valence-corrected chi connectivity index (χ2v) is 12.1. The van der Waals surface area contributed by atoms with Gasteiger partial charge in [0.15, 0.2) is 5.78 Å². The van der Waals surface area contributed by atoms with E-state index in [1.807, 2.05) is 61.5 Å². The number of benzene rings is 2. The number of aliphatic hydroxyl groups excluding tert-OH is 1. The van der Waals surface area contributed by atoms with Gasteiger partial charge in [0.1, 0.15) is 12.3 Å². The van der Waals surface area contributed by atoms with Crippen LogP contribution in [0.15, 0.2) is 73.1 Å². The molecule has 2 aromatic carbocycles. The molecule has 0 spiro atoms. The summed E-state index contributed by atoms with van der Waals surface area (Å²) in [5.74, 6) is -0.325. The quantitative estimate of drug-likeness (QED) is 0.242. The molecule has 46 heavy (non-hydrogen) atoms. The molecular weight excluding hydrogens is 584 g/mol. The van der Waals surface area contributed by atoms with Crippen molar-refractivity contribution in [2.45, 2.75) is 51.4 Å². The molecule has 0 unspecified atom stereocenters. The van der Waals surface area contributed by atoms with E-state index in [0.29, 0.717) is 42.5 Å². The molecule has 2 aromatic heterocycles. The molecule has 11 heteroatoms. The lowest BCUT2D eigenvalue weighted by Crippen LogP contribution is -2.55. The average Bonchev–Trinajstić information content (AvgIpc) is 3.06.